The molecule has 0 spiro atoms. The SMILES string of the molecule is CS(=O)(=O)C(O)C1(C(OC=O)c2ccccc2)CC1. The Morgan fingerprint density at radius 2 is 1.89 bits per heavy atom. The van der Waals surface area contributed by atoms with Gasteiger partial charge in [0.1, 0.15) is 6.10 Å². The quantitative estimate of drug-likeness (QED) is 0.790. The Balaban J connectivity index is 2.38. The Morgan fingerprint density at radius 3 is 2.32 bits per heavy atom. The van der Waals surface area contributed by atoms with Gasteiger partial charge in [-0.3, -0.25) is 4.79 Å². The van der Waals surface area contributed by atoms with Gasteiger partial charge in [0.2, 0.25) is 0 Å². The van der Waals surface area contributed by atoms with Crippen LogP contribution in [0.4, 0.5) is 0 Å². The number of sulfone groups is 1. The van der Waals surface area contributed by atoms with E-state index in [9.17, 15) is 18.3 Å². The third-order valence-corrected chi connectivity index (χ3v) is 4.82. The highest BCUT2D eigenvalue weighted by molar-refractivity contribution is 7.91. The maximum Gasteiger partial charge on any atom is 0.293 e. The van der Waals surface area contributed by atoms with Crippen molar-refractivity contribution in [1.29, 1.82) is 0 Å². The monoisotopic (exact) mass is 284 g/mol. The fourth-order valence-electron chi connectivity index (χ4n) is 2.44. The van der Waals surface area contributed by atoms with Gasteiger partial charge >= 0.3 is 0 Å². The lowest BCUT2D eigenvalue weighted by atomic mass is 9.93. The van der Waals surface area contributed by atoms with Crippen molar-refractivity contribution in [2.45, 2.75) is 24.4 Å². The van der Waals surface area contributed by atoms with Gasteiger partial charge in [0.05, 0.1) is 5.41 Å². The van der Waals surface area contributed by atoms with E-state index >= 15 is 0 Å². The van der Waals surface area contributed by atoms with Crippen LogP contribution in [0.3, 0.4) is 0 Å². The minimum Gasteiger partial charge on any atom is -0.459 e. The summed E-state index contributed by atoms with van der Waals surface area (Å²) in [6.45, 7) is 0.298. The van der Waals surface area contributed by atoms with E-state index in [4.69, 9.17) is 4.74 Å². The maximum atomic E-state index is 11.6. The summed E-state index contributed by atoms with van der Waals surface area (Å²) in [7, 11) is -3.61. The smallest absolute Gasteiger partial charge is 0.293 e. The lowest BCUT2D eigenvalue weighted by Crippen LogP contribution is -2.35. The molecule has 0 aromatic heterocycles. The molecule has 104 valence electrons. The summed E-state index contributed by atoms with van der Waals surface area (Å²) in [6, 6.07) is 8.87. The fraction of sp³-hybridized carbons (Fsp3) is 0.462. The summed E-state index contributed by atoms with van der Waals surface area (Å²) < 4.78 is 28.2. The molecule has 6 heteroatoms. The molecule has 1 fully saturated rings. The summed E-state index contributed by atoms with van der Waals surface area (Å²) in [6.07, 6.45) is 1.26. The molecular formula is C13H16O5S. The number of hydrogen-bond acceptors (Lipinski definition) is 5. The van der Waals surface area contributed by atoms with Crippen molar-refractivity contribution < 1.29 is 23.1 Å². The zero-order valence-corrected chi connectivity index (χ0v) is 11.3. The van der Waals surface area contributed by atoms with Crippen LogP contribution >= 0.6 is 0 Å². The molecule has 1 aromatic carbocycles. The zero-order chi connectivity index (χ0) is 14.1. The maximum absolute atomic E-state index is 11.6. The first-order valence-electron chi connectivity index (χ1n) is 5.93. The number of ether oxygens (including phenoxy) is 1. The molecule has 1 aliphatic carbocycles. The molecule has 0 amide bonds. The van der Waals surface area contributed by atoms with E-state index in [1.807, 2.05) is 6.07 Å². The molecule has 19 heavy (non-hydrogen) atoms. The molecule has 0 saturated heterocycles. The van der Waals surface area contributed by atoms with E-state index in [0.717, 1.165) is 6.26 Å². The summed E-state index contributed by atoms with van der Waals surface area (Å²) >= 11 is 0. The Bertz CT molecular complexity index is 548. The first kappa shape index (κ1) is 14.0. The number of carbonyl (C=O) groups is 1. The topological polar surface area (TPSA) is 80.7 Å². The Hall–Kier alpha value is -1.40. The van der Waals surface area contributed by atoms with Crippen LogP contribution in [0.5, 0.6) is 0 Å². The lowest BCUT2D eigenvalue weighted by Gasteiger charge is -2.29. The van der Waals surface area contributed by atoms with Crippen LogP contribution in [0.25, 0.3) is 0 Å². The third-order valence-electron chi connectivity index (χ3n) is 3.54. The molecule has 5 nitrogen and oxygen atoms in total. The van der Waals surface area contributed by atoms with Crippen molar-refractivity contribution in [3.8, 4) is 0 Å². The second-order valence-electron chi connectivity index (χ2n) is 4.94. The molecule has 2 atom stereocenters. The second-order valence-corrected chi connectivity index (χ2v) is 7.04. The molecule has 0 bridgehead atoms. The Kier molecular flexibility index (Phi) is 3.64. The van der Waals surface area contributed by atoms with Gasteiger partial charge in [0, 0.05) is 6.26 Å². The van der Waals surface area contributed by atoms with E-state index in [2.05, 4.69) is 0 Å². The molecule has 1 aliphatic rings. The second kappa shape index (κ2) is 4.94. The van der Waals surface area contributed by atoms with Crippen molar-refractivity contribution >= 4 is 16.3 Å². The number of carbonyl (C=O) groups excluding carboxylic acids is 1. The van der Waals surface area contributed by atoms with Crippen molar-refractivity contribution in [2.75, 3.05) is 6.26 Å². The van der Waals surface area contributed by atoms with Crippen LogP contribution in [-0.4, -0.2) is 31.7 Å². The molecule has 2 unspecified atom stereocenters. The molecular weight excluding hydrogens is 268 g/mol. The first-order valence-corrected chi connectivity index (χ1v) is 7.88. The number of benzene rings is 1. The minimum absolute atomic E-state index is 0.298. The fourth-order valence-corrected chi connectivity index (χ4v) is 3.65. The van der Waals surface area contributed by atoms with Crippen LogP contribution in [0.15, 0.2) is 30.3 Å². The largest absolute Gasteiger partial charge is 0.459 e. The van der Waals surface area contributed by atoms with Crippen molar-refractivity contribution in [3.05, 3.63) is 35.9 Å². The van der Waals surface area contributed by atoms with Gasteiger partial charge in [-0.1, -0.05) is 30.3 Å². The average Bonchev–Trinajstić information content (AvgIpc) is 3.16. The normalized spacial score (nSPS) is 20.3. The van der Waals surface area contributed by atoms with Crippen LogP contribution in [-0.2, 0) is 19.4 Å². The minimum atomic E-state index is -3.61. The van der Waals surface area contributed by atoms with Gasteiger partial charge in [0.15, 0.2) is 15.3 Å². The number of aliphatic hydroxyl groups is 1. The highest BCUT2D eigenvalue weighted by atomic mass is 32.2. The molecule has 1 saturated carbocycles. The van der Waals surface area contributed by atoms with Crippen LogP contribution in [0, 0.1) is 5.41 Å². The first-order chi connectivity index (χ1) is 8.92. The molecule has 1 N–H and O–H groups in total. The Labute approximate surface area is 112 Å². The van der Waals surface area contributed by atoms with Gasteiger partial charge < -0.3 is 9.84 Å². The van der Waals surface area contributed by atoms with E-state index in [1.54, 1.807) is 24.3 Å². The van der Waals surface area contributed by atoms with E-state index < -0.39 is 26.8 Å². The molecule has 0 aliphatic heterocycles. The third kappa shape index (κ3) is 2.64. The molecule has 0 heterocycles. The summed E-state index contributed by atoms with van der Waals surface area (Å²) in [5.41, 5.74) is -1.75. The van der Waals surface area contributed by atoms with Crippen LogP contribution in [0.2, 0.25) is 0 Å². The van der Waals surface area contributed by atoms with Crippen molar-refractivity contribution in [1.82, 2.24) is 0 Å². The predicted molar refractivity (Wildman–Crippen MR) is 68.8 cm³/mol. The van der Waals surface area contributed by atoms with Crippen LogP contribution < -0.4 is 0 Å². The lowest BCUT2D eigenvalue weighted by molar-refractivity contribution is -0.139. The van der Waals surface area contributed by atoms with Crippen molar-refractivity contribution in [2.24, 2.45) is 5.41 Å². The summed E-state index contributed by atoms with van der Waals surface area (Å²) in [5, 5.41) is 10.1. The van der Waals surface area contributed by atoms with Crippen molar-refractivity contribution in [3.63, 3.8) is 0 Å². The van der Waals surface area contributed by atoms with Gasteiger partial charge in [-0.2, -0.15) is 0 Å². The molecule has 1 aromatic rings. The van der Waals surface area contributed by atoms with Gasteiger partial charge in [0.25, 0.3) is 6.47 Å². The van der Waals surface area contributed by atoms with Gasteiger partial charge in [-0.15, -0.1) is 0 Å². The van der Waals surface area contributed by atoms with E-state index in [1.165, 1.54) is 0 Å². The highest BCUT2D eigenvalue weighted by Gasteiger charge is 2.60. The van der Waals surface area contributed by atoms with Crippen LogP contribution in [0.1, 0.15) is 24.5 Å². The van der Waals surface area contributed by atoms with Gasteiger partial charge in [-0.25, -0.2) is 8.42 Å². The average molecular weight is 284 g/mol. The molecule has 2 rings (SSSR count). The Morgan fingerprint density at radius 1 is 1.32 bits per heavy atom. The number of hydrogen-bond donors (Lipinski definition) is 1. The molecule has 0 radical (unpaired) electrons. The standard InChI is InChI=1S/C13H16O5S/c1-19(16,17)12(15)13(7-8-13)11(18-9-14)10-5-3-2-4-6-10/h2-6,9,11-12,15H,7-8H2,1H3. The van der Waals surface area contributed by atoms with E-state index in [0.29, 0.717) is 24.9 Å². The number of aliphatic hydroxyl groups excluding tert-OH is 1. The summed E-state index contributed by atoms with van der Waals surface area (Å²) in [5.74, 6) is 0. The zero-order valence-electron chi connectivity index (χ0n) is 10.5. The number of rotatable bonds is 6. The predicted octanol–water partition coefficient (Wildman–Crippen LogP) is 1.04. The highest BCUT2D eigenvalue weighted by Crippen LogP contribution is 2.59. The van der Waals surface area contributed by atoms with E-state index in [-0.39, 0.29) is 0 Å². The summed E-state index contributed by atoms with van der Waals surface area (Å²) in [4.78, 5) is 10.7. The van der Waals surface area contributed by atoms with Gasteiger partial charge in [-0.05, 0) is 18.4 Å².